The van der Waals surface area contributed by atoms with Crippen LogP contribution in [0.5, 0.6) is 5.75 Å². The maximum Gasteiger partial charge on any atom is 0.341 e. The van der Waals surface area contributed by atoms with E-state index in [4.69, 9.17) is 21.1 Å². The summed E-state index contributed by atoms with van der Waals surface area (Å²) in [5.41, 5.74) is 3.40. The van der Waals surface area contributed by atoms with Crippen molar-refractivity contribution in [2.45, 2.75) is 70.7 Å². The van der Waals surface area contributed by atoms with Crippen molar-refractivity contribution in [3.63, 3.8) is 0 Å². The number of aryl methyl sites for hydroxylation is 3. The number of allylic oxidation sites excluding steroid dienone is 1. The zero-order valence-electron chi connectivity index (χ0n) is 22.5. The summed E-state index contributed by atoms with van der Waals surface area (Å²) >= 11 is 9.03. The van der Waals surface area contributed by atoms with Crippen LogP contribution in [0.15, 0.2) is 29.9 Å². The minimum atomic E-state index is -0.405. The molecule has 0 spiro atoms. The van der Waals surface area contributed by atoms with Gasteiger partial charge in [0.05, 0.1) is 18.4 Å². The van der Waals surface area contributed by atoms with E-state index in [1.54, 1.807) is 6.08 Å². The van der Waals surface area contributed by atoms with Gasteiger partial charge in [0.15, 0.2) is 11.0 Å². The van der Waals surface area contributed by atoms with Crippen molar-refractivity contribution in [1.82, 2.24) is 14.8 Å². The Morgan fingerprint density at radius 1 is 1.18 bits per heavy atom. The Labute approximate surface area is 242 Å². The SMILES string of the molecule is C=CCn1c(COc2cc(C)c(Cl)c(C)c2)nnc1SCC(=O)Nc1sc2c(c1C(=O)OC)CCCCCC2. The standard InChI is InChI=1S/C28H33ClN4O4S2/c1-5-12-33-22(15-37-19-13-17(2)25(29)18(3)14-19)31-32-28(33)38-16-23(34)30-26-24(27(35)36-4)20-10-8-6-7-9-11-21(20)39-26/h5,13-14H,1,6-12,15-16H2,2-4H3,(H,30,34). The topological polar surface area (TPSA) is 95.3 Å². The highest BCUT2D eigenvalue weighted by atomic mass is 35.5. The van der Waals surface area contributed by atoms with E-state index in [0.717, 1.165) is 53.8 Å². The molecule has 0 unspecified atom stereocenters. The fourth-order valence-electron chi connectivity index (χ4n) is 4.60. The number of amides is 1. The first kappa shape index (κ1) is 29.2. The van der Waals surface area contributed by atoms with Gasteiger partial charge in [-0.1, -0.05) is 42.3 Å². The number of thioether (sulfide) groups is 1. The van der Waals surface area contributed by atoms with Crippen LogP contribution in [0.4, 0.5) is 5.00 Å². The van der Waals surface area contributed by atoms with Crippen molar-refractivity contribution in [3.05, 3.63) is 62.8 Å². The van der Waals surface area contributed by atoms with Gasteiger partial charge >= 0.3 is 5.97 Å². The van der Waals surface area contributed by atoms with E-state index in [0.29, 0.717) is 33.8 Å². The quantitative estimate of drug-likeness (QED) is 0.163. The first-order valence-electron chi connectivity index (χ1n) is 12.9. The smallest absolute Gasteiger partial charge is 0.341 e. The molecule has 0 aliphatic heterocycles. The molecule has 1 aromatic carbocycles. The number of methoxy groups -OCH3 is 1. The second kappa shape index (κ2) is 13.5. The molecule has 0 saturated heterocycles. The number of thiophene rings is 1. The zero-order valence-corrected chi connectivity index (χ0v) is 24.9. The average molecular weight is 589 g/mol. The van der Waals surface area contributed by atoms with Crippen LogP contribution in [0, 0.1) is 13.8 Å². The third-order valence-corrected chi connectivity index (χ3v) is 9.30. The van der Waals surface area contributed by atoms with Gasteiger partial charge in [0, 0.05) is 16.4 Å². The van der Waals surface area contributed by atoms with Gasteiger partial charge in [-0.05, 0) is 68.4 Å². The molecule has 0 radical (unpaired) electrons. The van der Waals surface area contributed by atoms with Crippen LogP contribution < -0.4 is 10.1 Å². The van der Waals surface area contributed by atoms with Crippen molar-refractivity contribution in [1.29, 1.82) is 0 Å². The van der Waals surface area contributed by atoms with E-state index in [-0.39, 0.29) is 18.3 Å². The molecule has 0 fully saturated rings. The largest absolute Gasteiger partial charge is 0.486 e. The number of nitrogens with zero attached hydrogens (tertiary/aromatic N) is 3. The maximum atomic E-state index is 13.0. The molecule has 0 atom stereocenters. The normalized spacial score (nSPS) is 13.2. The van der Waals surface area contributed by atoms with Gasteiger partial charge < -0.3 is 14.8 Å². The molecule has 8 nitrogen and oxygen atoms in total. The first-order chi connectivity index (χ1) is 18.8. The zero-order chi connectivity index (χ0) is 27.9. The molecule has 1 N–H and O–H groups in total. The molecule has 1 amide bonds. The summed E-state index contributed by atoms with van der Waals surface area (Å²) in [4.78, 5) is 26.8. The van der Waals surface area contributed by atoms with Crippen LogP contribution in [0.1, 0.15) is 63.4 Å². The van der Waals surface area contributed by atoms with Crippen LogP contribution in [0.2, 0.25) is 5.02 Å². The van der Waals surface area contributed by atoms with Gasteiger partial charge in [0.1, 0.15) is 17.4 Å². The summed E-state index contributed by atoms with van der Waals surface area (Å²) in [6.07, 6.45) is 7.92. The number of carbonyl (C=O) groups is 2. The summed E-state index contributed by atoms with van der Waals surface area (Å²) in [7, 11) is 1.37. The predicted octanol–water partition coefficient (Wildman–Crippen LogP) is 6.55. The second-order valence-corrected chi connectivity index (χ2v) is 11.8. The lowest BCUT2D eigenvalue weighted by molar-refractivity contribution is -0.113. The van der Waals surface area contributed by atoms with Gasteiger partial charge in [-0.3, -0.25) is 9.36 Å². The van der Waals surface area contributed by atoms with E-state index in [9.17, 15) is 9.59 Å². The van der Waals surface area contributed by atoms with Crippen molar-refractivity contribution >= 4 is 51.6 Å². The number of hydrogen-bond donors (Lipinski definition) is 1. The highest BCUT2D eigenvalue weighted by molar-refractivity contribution is 7.99. The summed E-state index contributed by atoms with van der Waals surface area (Å²) in [5, 5.41) is 13.4. The lowest BCUT2D eigenvalue weighted by Crippen LogP contribution is -2.17. The number of ether oxygens (including phenoxy) is 2. The number of aromatic nitrogens is 3. The molecule has 11 heteroatoms. The first-order valence-corrected chi connectivity index (χ1v) is 15.1. The average Bonchev–Trinajstić information content (AvgIpc) is 3.44. The Hall–Kier alpha value is -2.82. The number of anilines is 1. The lowest BCUT2D eigenvalue weighted by Gasteiger charge is -2.11. The number of carbonyl (C=O) groups excluding carboxylic acids is 2. The number of hydrogen-bond acceptors (Lipinski definition) is 8. The van der Waals surface area contributed by atoms with E-state index in [1.165, 1.54) is 41.5 Å². The van der Waals surface area contributed by atoms with Crippen LogP contribution in [0.3, 0.4) is 0 Å². The number of esters is 1. The Kier molecular flexibility index (Phi) is 10.1. The van der Waals surface area contributed by atoms with Gasteiger partial charge in [0.25, 0.3) is 0 Å². The Balaban J connectivity index is 1.44. The van der Waals surface area contributed by atoms with E-state index in [1.807, 2.05) is 30.5 Å². The van der Waals surface area contributed by atoms with Crippen molar-refractivity contribution in [3.8, 4) is 5.75 Å². The van der Waals surface area contributed by atoms with Crippen LogP contribution >= 0.6 is 34.7 Å². The molecule has 2 heterocycles. The van der Waals surface area contributed by atoms with E-state index in [2.05, 4.69) is 22.1 Å². The molecular weight excluding hydrogens is 556 g/mol. The number of halogens is 1. The number of nitrogens with one attached hydrogen (secondary N) is 1. The second-order valence-electron chi connectivity index (χ2n) is 9.41. The summed E-state index contributed by atoms with van der Waals surface area (Å²) < 4.78 is 12.9. The fourth-order valence-corrected chi connectivity index (χ4v) is 6.77. The van der Waals surface area contributed by atoms with Gasteiger partial charge in [0.2, 0.25) is 5.91 Å². The van der Waals surface area contributed by atoms with E-state index < -0.39 is 5.97 Å². The Bertz CT molecular complexity index is 1340. The third-order valence-electron chi connectivity index (χ3n) is 6.53. The van der Waals surface area contributed by atoms with Crippen molar-refractivity contribution < 1.29 is 19.1 Å². The monoisotopic (exact) mass is 588 g/mol. The summed E-state index contributed by atoms with van der Waals surface area (Å²) in [6.45, 7) is 8.38. The van der Waals surface area contributed by atoms with Gasteiger partial charge in [-0.2, -0.15) is 0 Å². The molecule has 0 saturated carbocycles. The van der Waals surface area contributed by atoms with Crippen LogP contribution in [0.25, 0.3) is 0 Å². The van der Waals surface area contributed by atoms with Crippen molar-refractivity contribution in [2.75, 3.05) is 18.2 Å². The van der Waals surface area contributed by atoms with E-state index >= 15 is 0 Å². The van der Waals surface area contributed by atoms with Crippen LogP contribution in [-0.2, 0) is 35.5 Å². The third kappa shape index (κ3) is 7.04. The molecule has 4 rings (SSSR count). The Morgan fingerprint density at radius 3 is 2.59 bits per heavy atom. The van der Waals surface area contributed by atoms with Crippen molar-refractivity contribution in [2.24, 2.45) is 0 Å². The minimum absolute atomic E-state index is 0.106. The van der Waals surface area contributed by atoms with Gasteiger partial charge in [-0.15, -0.1) is 28.1 Å². The lowest BCUT2D eigenvalue weighted by atomic mass is 9.96. The maximum absolute atomic E-state index is 13.0. The Morgan fingerprint density at radius 2 is 1.90 bits per heavy atom. The molecule has 208 valence electrons. The molecule has 1 aliphatic carbocycles. The fraction of sp³-hybridized carbons (Fsp3) is 0.429. The van der Waals surface area contributed by atoms with Crippen LogP contribution in [-0.4, -0.2) is 39.5 Å². The number of fused-ring (bicyclic) bond motifs is 1. The molecular formula is C28H33ClN4O4S2. The molecule has 3 aromatic rings. The predicted molar refractivity (Wildman–Crippen MR) is 156 cm³/mol. The molecule has 2 aromatic heterocycles. The minimum Gasteiger partial charge on any atom is -0.486 e. The highest BCUT2D eigenvalue weighted by Crippen LogP contribution is 2.37. The molecule has 39 heavy (non-hydrogen) atoms. The summed E-state index contributed by atoms with van der Waals surface area (Å²) in [6, 6.07) is 3.77. The highest BCUT2D eigenvalue weighted by Gasteiger charge is 2.26. The number of benzene rings is 1. The molecule has 1 aliphatic rings. The molecule has 0 bridgehead atoms. The summed E-state index contributed by atoms with van der Waals surface area (Å²) in [5.74, 6) is 0.793. The van der Waals surface area contributed by atoms with Gasteiger partial charge in [-0.25, -0.2) is 4.79 Å². The number of rotatable bonds is 10.